The van der Waals surface area contributed by atoms with Gasteiger partial charge in [-0.2, -0.15) is 13.2 Å². The number of hydrogen-bond acceptors (Lipinski definition) is 5. The van der Waals surface area contributed by atoms with Crippen LogP contribution < -0.4 is 5.32 Å². The van der Waals surface area contributed by atoms with E-state index in [0.717, 1.165) is 12.1 Å². The van der Waals surface area contributed by atoms with E-state index < -0.39 is 17.6 Å². The molecule has 4 aromatic rings. The van der Waals surface area contributed by atoms with Crippen molar-refractivity contribution in [2.75, 3.05) is 5.32 Å². The molecule has 0 fully saturated rings. The van der Waals surface area contributed by atoms with Crippen molar-refractivity contribution in [3.63, 3.8) is 0 Å². The lowest BCUT2D eigenvalue weighted by Crippen LogP contribution is -2.16. The van der Waals surface area contributed by atoms with E-state index in [0.29, 0.717) is 16.9 Å². The van der Waals surface area contributed by atoms with Crippen LogP contribution in [0.25, 0.3) is 16.9 Å². The lowest BCUT2D eigenvalue weighted by molar-refractivity contribution is -0.137. The van der Waals surface area contributed by atoms with Gasteiger partial charge in [0.05, 0.1) is 17.5 Å². The Morgan fingerprint density at radius 2 is 1.79 bits per heavy atom. The summed E-state index contributed by atoms with van der Waals surface area (Å²) < 4.78 is 40.3. The Bertz CT molecular complexity index is 1160. The summed E-state index contributed by atoms with van der Waals surface area (Å²) in [7, 11) is 0. The first-order valence-corrected chi connectivity index (χ1v) is 8.02. The van der Waals surface area contributed by atoms with Gasteiger partial charge in [-0.3, -0.25) is 4.79 Å². The van der Waals surface area contributed by atoms with Gasteiger partial charge in [-0.15, -0.1) is 5.10 Å². The van der Waals surface area contributed by atoms with E-state index in [1.165, 1.54) is 41.3 Å². The van der Waals surface area contributed by atoms with Crippen molar-refractivity contribution < 1.29 is 18.0 Å². The number of amides is 1. The quantitative estimate of drug-likeness (QED) is 0.585. The predicted octanol–water partition coefficient (Wildman–Crippen LogP) is 3.46. The summed E-state index contributed by atoms with van der Waals surface area (Å²) in [5.41, 5.74) is 0.296. The molecular formula is C18H11F3N6O. The second-order valence-electron chi connectivity index (χ2n) is 5.74. The van der Waals surface area contributed by atoms with E-state index in [4.69, 9.17) is 0 Å². The van der Waals surface area contributed by atoms with Crippen LogP contribution in [0.5, 0.6) is 0 Å². The molecule has 0 spiro atoms. The van der Waals surface area contributed by atoms with Crippen LogP contribution in [0.15, 0.2) is 61.1 Å². The van der Waals surface area contributed by atoms with Gasteiger partial charge in [0.15, 0.2) is 11.5 Å². The normalized spacial score (nSPS) is 11.5. The van der Waals surface area contributed by atoms with Crippen LogP contribution in [0.1, 0.15) is 16.2 Å². The zero-order valence-electron chi connectivity index (χ0n) is 14.1. The maximum absolute atomic E-state index is 13.0. The largest absolute Gasteiger partial charge is 0.416 e. The van der Waals surface area contributed by atoms with Crippen molar-refractivity contribution in [1.29, 1.82) is 0 Å². The molecule has 1 amide bonds. The van der Waals surface area contributed by atoms with Crippen molar-refractivity contribution in [2.45, 2.75) is 6.18 Å². The Morgan fingerprint density at radius 1 is 1.00 bits per heavy atom. The summed E-state index contributed by atoms with van der Waals surface area (Å²) in [5.74, 6) is -0.419. The van der Waals surface area contributed by atoms with Gasteiger partial charge in [-0.25, -0.2) is 19.5 Å². The lowest BCUT2D eigenvalue weighted by atomic mass is 10.1. The third-order valence-electron chi connectivity index (χ3n) is 3.86. The molecule has 0 aliphatic carbocycles. The summed E-state index contributed by atoms with van der Waals surface area (Å²) >= 11 is 0. The molecule has 4 rings (SSSR count). The number of benzene rings is 1. The number of aromatic nitrogens is 5. The maximum Gasteiger partial charge on any atom is 0.416 e. The third kappa shape index (κ3) is 3.39. The number of imidazole rings is 1. The SMILES string of the molecule is O=C(Nc1ccc2ncc(-c3cccc(C(F)(F)F)c3)n2n1)c1ncccn1. The van der Waals surface area contributed by atoms with Gasteiger partial charge < -0.3 is 5.32 Å². The highest BCUT2D eigenvalue weighted by molar-refractivity contribution is 6.00. The molecule has 0 aliphatic rings. The highest BCUT2D eigenvalue weighted by Gasteiger charge is 2.30. The number of carbonyl (C=O) groups is 1. The van der Waals surface area contributed by atoms with Crippen LogP contribution in [0, 0.1) is 0 Å². The average Bonchev–Trinajstić information content (AvgIpc) is 3.11. The number of nitrogens with zero attached hydrogens (tertiary/aromatic N) is 5. The Kier molecular flexibility index (Phi) is 4.22. The van der Waals surface area contributed by atoms with Gasteiger partial charge in [-0.05, 0) is 30.3 Å². The molecule has 140 valence electrons. The molecule has 7 nitrogen and oxygen atoms in total. The van der Waals surface area contributed by atoms with Crippen LogP contribution in [-0.2, 0) is 6.18 Å². The van der Waals surface area contributed by atoms with Gasteiger partial charge in [-0.1, -0.05) is 12.1 Å². The van der Waals surface area contributed by atoms with E-state index in [2.05, 4.69) is 25.4 Å². The van der Waals surface area contributed by atoms with Crippen molar-refractivity contribution >= 4 is 17.4 Å². The molecule has 28 heavy (non-hydrogen) atoms. The van der Waals surface area contributed by atoms with Crippen molar-refractivity contribution in [2.24, 2.45) is 0 Å². The predicted molar refractivity (Wildman–Crippen MR) is 93.4 cm³/mol. The van der Waals surface area contributed by atoms with Gasteiger partial charge in [0.1, 0.15) is 0 Å². The molecule has 3 aromatic heterocycles. The number of anilines is 1. The van der Waals surface area contributed by atoms with Crippen molar-refractivity contribution in [3.05, 3.63) is 72.4 Å². The number of fused-ring (bicyclic) bond motifs is 1. The summed E-state index contributed by atoms with van der Waals surface area (Å²) in [6.07, 6.45) is -0.178. The molecule has 0 saturated heterocycles. The minimum atomic E-state index is -4.46. The maximum atomic E-state index is 13.0. The molecule has 0 aliphatic heterocycles. The second kappa shape index (κ2) is 6.72. The zero-order valence-corrected chi connectivity index (χ0v) is 14.1. The number of hydrogen-bond donors (Lipinski definition) is 1. The van der Waals surface area contributed by atoms with Crippen LogP contribution in [0.2, 0.25) is 0 Å². The molecule has 3 heterocycles. The first-order chi connectivity index (χ1) is 13.4. The molecule has 0 unspecified atom stereocenters. The van der Waals surface area contributed by atoms with E-state index in [1.54, 1.807) is 12.1 Å². The van der Waals surface area contributed by atoms with Crippen molar-refractivity contribution in [3.8, 4) is 11.3 Å². The molecule has 0 atom stereocenters. The Hall–Kier alpha value is -3.82. The minimum Gasteiger partial charge on any atom is -0.302 e. The third-order valence-corrected chi connectivity index (χ3v) is 3.86. The summed E-state index contributed by atoms with van der Waals surface area (Å²) in [5, 5.41) is 6.81. The standard InChI is InChI=1S/C18H11F3N6O/c19-18(20,21)12-4-1-3-11(9-12)13-10-24-15-6-5-14(26-27(13)15)25-17(28)16-22-7-2-8-23-16/h1-10H,(H,25,26,28). The van der Waals surface area contributed by atoms with Crippen LogP contribution >= 0.6 is 0 Å². The van der Waals surface area contributed by atoms with E-state index in [-0.39, 0.29) is 11.6 Å². The van der Waals surface area contributed by atoms with Gasteiger partial charge >= 0.3 is 6.18 Å². The van der Waals surface area contributed by atoms with E-state index in [1.807, 2.05) is 0 Å². The highest BCUT2D eigenvalue weighted by Crippen LogP contribution is 2.32. The average molecular weight is 384 g/mol. The summed E-state index contributed by atoms with van der Waals surface area (Å²) in [6, 6.07) is 9.55. The lowest BCUT2D eigenvalue weighted by Gasteiger charge is -2.09. The Labute approximate surface area is 155 Å². The topological polar surface area (TPSA) is 85.1 Å². The molecule has 0 saturated carbocycles. The molecule has 1 N–H and O–H groups in total. The summed E-state index contributed by atoms with van der Waals surface area (Å²) in [4.78, 5) is 24.0. The highest BCUT2D eigenvalue weighted by atomic mass is 19.4. The molecule has 0 radical (unpaired) electrons. The number of nitrogens with one attached hydrogen (secondary N) is 1. The zero-order chi connectivity index (χ0) is 19.7. The van der Waals surface area contributed by atoms with Gasteiger partial charge in [0, 0.05) is 18.0 Å². The molecule has 10 heteroatoms. The monoisotopic (exact) mass is 384 g/mol. The minimum absolute atomic E-state index is 0.0341. The fraction of sp³-hybridized carbons (Fsp3) is 0.0556. The number of rotatable bonds is 3. The van der Waals surface area contributed by atoms with Crippen LogP contribution in [0.4, 0.5) is 19.0 Å². The van der Waals surface area contributed by atoms with E-state index in [9.17, 15) is 18.0 Å². The Balaban J connectivity index is 1.70. The van der Waals surface area contributed by atoms with Crippen molar-refractivity contribution in [1.82, 2.24) is 24.6 Å². The summed E-state index contributed by atoms with van der Waals surface area (Å²) in [6.45, 7) is 0. The van der Waals surface area contributed by atoms with Gasteiger partial charge in [0.2, 0.25) is 5.82 Å². The van der Waals surface area contributed by atoms with Gasteiger partial charge in [0.25, 0.3) is 5.91 Å². The number of halogens is 3. The fourth-order valence-corrected chi connectivity index (χ4v) is 2.58. The molecule has 1 aromatic carbocycles. The van der Waals surface area contributed by atoms with Crippen LogP contribution in [-0.4, -0.2) is 30.5 Å². The smallest absolute Gasteiger partial charge is 0.302 e. The fourth-order valence-electron chi connectivity index (χ4n) is 2.58. The first-order valence-electron chi connectivity index (χ1n) is 8.02. The van der Waals surface area contributed by atoms with E-state index >= 15 is 0 Å². The number of alkyl halides is 3. The van der Waals surface area contributed by atoms with Crippen LogP contribution in [0.3, 0.4) is 0 Å². The second-order valence-corrected chi connectivity index (χ2v) is 5.74. The molecule has 0 bridgehead atoms. The molecular weight excluding hydrogens is 373 g/mol. The first kappa shape index (κ1) is 17.6. The number of carbonyl (C=O) groups excluding carboxylic acids is 1. The Morgan fingerprint density at radius 3 is 2.54 bits per heavy atom.